The molecule has 0 fully saturated rings. The SMILES string of the molecule is CCC(=O)N(CCCOC)CC(=O)N(Cc1ccc(F)cc1)Cc1ccc(C)s1. The first-order chi connectivity index (χ1) is 13.9. The number of thiophene rings is 1. The lowest BCUT2D eigenvalue weighted by Crippen LogP contribution is -2.42. The van der Waals surface area contributed by atoms with E-state index in [2.05, 4.69) is 0 Å². The second-order valence-corrected chi connectivity index (χ2v) is 8.28. The van der Waals surface area contributed by atoms with E-state index in [1.165, 1.54) is 17.0 Å². The van der Waals surface area contributed by atoms with Gasteiger partial charge in [-0.25, -0.2) is 4.39 Å². The van der Waals surface area contributed by atoms with Crippen LogP contribution in [0.3, 0.4) is 0 Å². The lowest BCUT2D eigenvalue weighted by Gasteiger charge is -2.27. The van der Waals surface area contributed by atoms with Crippen LogP contribution in [0, 0.1) is 12.7 Å². The van der Waals surface area contributed by atoms with Gasteiger partial charge in [0.15, 0.2) is 0 Å². The Morgan fingerprint density at radius 2 is 1.76 bits per heavy atom. The highest BCUT2D eigenvalue weighted by molar-refractivity contribution is 7.11. The molecular weight excluding hydrogens is 391 g/mol. The fourth-order valence-electron chi connectivity index (χ4n) is 2.98. The number of carbonyl (C=O) groups excluding carboxylic acids is 2. The number of hydrogen-bond donors (Lipinski definition) is 0. The van der Waals surface area contributed by atoms with Crippen molar-refractivity contribution in [2.45, 2.75) is 39.8 Å². The number of ether oxygens (including phenoxy) is 1. The van der Waals surface area contributed by atoms with Gasteiger partial charge in [-0.2, -0.15) is 0 Å². The summed E-state index contributed by atoms with van der Waals surface area (Å²) in [5.74, 6) is -0.485. The zero-order valence-corrected chi connectivity index (χ0v) is 18.1. The summed E-state index contributed by atoms with van der Waals surface area (Å²) in [5.41, 5.74) is 0.848. The minimum Gasteiger partial charge on any atom is -0.385 e. The van der Waals surface area contributed by atoms with Gasteiger partial charge in [-0.3, -0.25) is 9.59 Å². The maximum absolute atomic E-state index is 13.2. The van der Waals surface area contributed by atoms with E-state index in [0.29, 0.717) is 39.1 Å². The van der Waals surface area contributed by atoms with E-state index in [0.717, 1.165) is 10.4 Å². The lowest BCUT2D eigenvalue weighted by atomic mass is 10.2. The summed E-state index contributed by atoms with van der Waals surface area (Å²) in [7, 11) is 1.62. The van der Waals surface area contributed by atoms with Gasteiger partial charge < -0.3 is 14.5 Å². The molecule has 0 aliphatic rings. The quantitative estimate of drug-likeness (QED) is 0.516. The zero-order chi connectivity index (χ0) is 21.2. The Morgan fingerprint density at radius 3 is 2.34 bits per heavy atom. The first kappa shape index (κ1) is 23.0. The standard InChI is InChI=1S/C22H29FN2O3S/c1-4-21(26)24(12-5-13-28-3)16-22(27)25(15-20-11-6-17(2)29-20)14-18-7-9-19(23)10-8-18/h6-11H,4-5,12-16H2,1-3H3. The summed E-state index contributed by atoms with van der Waals surface area (Å²) in [6.07, 6.45) is 1.03. The molecule has 0 spiro atoms. The van der Waals surface area contributed by atoms with E-state index >= 15 is 0 Å². The monoisotopic (exact) mass is 420 g/mol. The predicted molar refractivity (Wildman–Crippen MR) is 113 cm³/mol. The number of amides is 2. The molecule has 29 heavy (non-hydrogen) atoms. The van der Waals surface area contributed by atoms with Gasteiger partial charge in [-0.15, -0.1) is 11.3 Å². The Labute approximate surface area is 176 Å². The van der Waals surface area contributed by atoms with Crippen LogP contribution in [0.4, 0.5) is 4.39 Å². The van der Waals surface area contributed by atoms with Gasteiger partial charge in [0.05, 0.1) is 13.1 Å². The zero-order valence-electron chi connectivity index (χ0n) is 17.3. The molecule has 0 saturated heterocycles. The number of halogens is 1. The topological polar surface area (TPSA) is 49.9 Å². The van der Waals surface area contributed by atoms with Crippen LogP contribution in [0.25, 0.3) is 0 Å². The third kappa shape index (κ3) is 7.59. The Morgan fingerprint density at radius 1 is 1.03 bits per heavy atom. The number of nitrogens with zero attached hydrogens (tertiary/aromatic N) is 2. The Hall–Kier alpha value is -2.25. The number of carbonyl (C=O) groups is 2. The molecule has 1 heterocycles. The Balaban J connectivity index is 2.14. The van der Waals surface area contributed by atoms with Crippen LogP contribution >= 0.6 is 11.3 Å². The number of methoxy groups -OCH3 is 1. The van der Waals surface area contributed by atoms with Gasteiger partial charge in [0.25, 0.3) is 0 Å². The summed E-state index contributed by atoms with van der Waals surface area (Å²) in [6, 6.07) is 10.2. The van der Waals surface area contributed by atoms with Gasteiger partial charge in [0.1, 0.15) is 5.82 Å². The third-order valence-electron chi connectivity index (χ3n) is 4.54. The van der Waals surface area contributed by atoms with Crippen LogP contribution in [0.5, 0.6) is 0 Å². The molecule has 1 aromatic heterocycles. The highest BCUT2D eigenvalue weighted by atomic mass is 32.1. The molecule has 0 radical (unpaired) electrons. The van der Waals surface area contributed by atoms with Gasteiger partial charge in [0, 0.05) is 43.0 Å². The smallest absolute Gasteiger partial charge is 0.242 e. The van der Waals surface area contributed by atoms with Crippen LogP contribution < -0.4 is 0 Å². The van der Waals surface area contributed by atoms with Crippen molar-refractivity contribution in [2.24, 2.45) is 0 Å². The molecule has 2 rings (SSSR count). The third-order valence-corrected chi connectivity index (χ3v) is 5.53. The van der Waals surface area contributed by atoms with Crippen molar-refractivity contribution in [2.75, 3.05) is 26.8 Å². The summed E-state index contributed by atoms with van der Waals surface area (Å²) < 4.78 is 18.3. The fraction of sp³-hybridized carbons (Fsp3) is 0.455. The van der Waals surface area contributed by atoms with E-state index in [4.69, 9.17) is 4.74 Å². The average Bonchev–Trinajstić information content (AvgIpc) is 3.12. The van der Waals surface area contributed by atoms with Crippen LogP contribution in [-0.4, -0.2) is 48.4 Å². The van der Waals surface area contributed by atoms with Crippen molar-refractivity contribution in [1.82, 2.24) is 9.80 Å². The fourth-order valence-corrected chi connectivity index (χ4v) is 3.89. The molecule has 0 bridgehead atoms. The van der Waals surface area contributed by atoms with Crippen molar-refractivity contribution in [1.29, 1.82) is 0 Å². The number of benzene rings is 1. The molecule has 5 nitrogen and oxygen atoms in total. The van der Waals surface area contributed by atoms with E-state index in [1.807, 2.05) is 19.1 Å². The van der Waals surface area contributed by atoms with E-state index in [-0.39, 0.29) is 24.2 Å². The van der Waals surface area contributed by atoms with E-state index in [1.54, 1.807) is 47.3 Å². The first-order valence-corrected chi connectivity index (χ1v) is 10.6. The maximum atomic E-state index is 13.2. The normalized spacial score (nSPS) is 10.8. The van der Waals surface area contributed by atoms with Crippen LogP contribution in [0.1, 0.15) is 35.1 Å². The molecule has 0 aliphatic heterocycles. The minimum atomic E-state index is -0.307. The lowest BCUT2D eigenvalue weighted by molar-refractivity contribution is -0.141. The summed E-state index contributed by atoms with van der Waals surface area (Å²) in [4.78, 5) is 31.0. The summed E-state index contributed by atoms with van der Waals surface area (Å²) in [6.45, 7) is 5.69. The molecule has 7 heteroatoms. The summed E-state index contributed by atoms with van der Waals surface area (Å²) >= 11 is 1.64. The van der Waals surface area contributed by atoms with Crippen molar-refractivity contribution < 1.29 is 18.7 Å². The van der Waals surface area contributed by atoms with Crippen LogP contribution in [0.2, 0.25) is 0 Å². The molecule has 0 atom stereocenters. The first-order valence-electron chi connectivity index (χ1n) is 9.77. The van der Waals surface area contributed by atoms with Crippen LogP contribution in [0.15, 0.2) is 36.4 Å². The Kier molecular flexibility index (Phi) is 9.28. The molecule has 0 unspecified atom stereocenters. The molecule has 1 aromatic carbocycles. The molecule has 0 aliphatic carbocycles. The number of aryl methyl sites for hydroxylation is 1. The number of hydrogen-bond acceptors (Lipinski definition) is 4. The molecule has 158 valence electrons. The van der Waals surface area contributed by atoms with E-state index in [9.17, 15) is 14.0 Å². The molecule has 2 amide bonds. The highest BCUT2D eigenvalue weighted by Gasteiger charge is 2.21. The van der Waals surface area contributed by atoms with Crippen molar-refractivity contribution in [3.8, 4) is 0 Å². The maximum Gasteiger partial charge on any atom is 0.242 e. The second kappa shape index (κ2) is 11.7. The largest absolute Gasteiger partial charge is 0.385 e. The Bertz CT molecular complexity index is 792. The van der Waals surface area contributed by atoms with Gasteiger partial charge in [0.2, 0.25) is 11.8 Å². The number of rotatable bonds is 11. The van der Waals surface area contributed by atoms with Crippen molar-refractivity contribution in [3.05, 3.63) is 57.5 Å². The van der Waals surface area contributed by atoms with Crippen molar-refractivity contribution >= 4 is 23.2 Å². The van der Waals surface area contributed by atoms with Gasteiger partial charge >= 0.3 is 0 Å². The van der Waals surface area contributed by atoms with Gasteiger partial charge in [-0.1, -0.05) is 19.1 Å². The molecule has 2 aromatic rings. The summed E-state index contributed by atoms with van der Waals surface area (Å²) in [5, 5.41) is 0. The van der Waals surface area contributed by atoms with Crippen molar-refractivity contribution in [3.63, 3.8) is 0 Å². The molecular formula is C22H29FN2O3S. The van der Waals surface area contributed by atoms with Crippen LogP contribution in [-0.2, 0) is 27.4 Å². The molecule has 0 N–H and O–H groups in total. The van der Waals surface area contributed by atoms with E-state index < -0.39 is 0 Å². The minimum absolute atomic E-state index is 0.0297. The highest BCUT2D eigenvalue weighted by Crippen LogP contribution is 2.19. The predicted octanol–water partition coefficient (Wildman–Crippen LogP) is 4.00. The second-order valence-electron chi connectivity index (χ2n) is 6.90. The van der Waals surface area contributed by atoms with Gasteiger partial charge in [-0.05, 0) is 43.2 Å². The average molecular weight is 421 g/mol. The molecule has 0 saturated carbocycles.